The van der Waals surface area contributed by atoms with Crippen molar-refractivity contribution >= 4 is 11.8 Å². The highest BCUT2D eigenvalue weighted by molar-refractivity contribution is 6.08. The van der Waals surface area contributed by atoms with Crippen LogP contribution < -0.4 is 5.32 Å². The molecule has 0 aromatic carbocycles. The Balaban J connectivity index is 2.31. The van der Waals surface area contributed by atoms with Crippen molar-refractivity contribution in [3.63, 3.8) is 0 Å². The van der Waals surface area contributed by atoms with Gasteiger partial charge in [0.1, 0.15) is 0 Å². The number of carbonyl (C=O) groups excluding carboxylic acids is 2. The van der Waals surface area contributed by atoms with Gasteiger partial charge in [0.05, 0.1) is 11.8 Å². The first-order chi connectivity index (χ1) is 3.79. The van der Waals surface area contributed by atoms with Crippen LogP contribution in [0.15, 0.2) is 0 Å². The van der Waals surface area contributed by atoms with Crippen LogP contribution in [0.3, 0.4) is 0 Å². The van der Waals surface area contributed by atoms with E-state index in [0.717, 1.165) is 6.42 Å². The summed E-state index contributed by atoms with van der Waals surface area (Å²) in [6, 6.07) is 0. The van der Waals surface area contributed by atoms with Gasteiger partial charge in [-0.25, -0.2) is 0 Å². The van der Waals surface area contributed by atoms with E-state index in [1.165, 1.54) is 0 Å². The van der Waals surface area contributed by atoms with Crippen molar-refractivity contribution in [3.8, 4) is 0 Å². The average Bonchev–Trinajstić information content (AvgIpc) is 2.35. The number of carbonyl (C=O) groups is 2. The largest absolute Gasteiger partial charge is 0.272 e. The molecule has 2 unspecified atom stereocenters. The quantitative estimate of drug-likeness (QED) is 0.387. The van der Waals surface area contributed by atoms with Crippen molar-refractivity contribution in [3.05, 3.63) is 0 Å². The molecule has 2 amide bonds. The summed E-state index contributed by atoms with van der Waals surface area (Å²) >= 11 is 0. The topological polar surface area (TPSA) is 48.2 Å². The zero-order valence-electron chi connectivity index (χ0n) is 4.13. The molecule has 1 aliphatic carbocycles. The minimum atomic E-state index is -0.194. The summed E-state index contributed by atoms with van der Waals surface area (Å²) in [6.45, 7) is 0. The number of fused-ring (bicyclic) bond motifs is 1. The van der Waals surface area contributed by atoms with Crippen molar-refractivity contribution in [2.75, 3.05) is 0 Å². The average molecular weight is 110 g/mol. The first-order valence-electron chi connectivity index (χ1n) is 2.58. The molecule has 0 spiro atoms. The number of hydrogen-bond acceptors (Lipinski definition) is 2. The summed E-state index contributed by atoms with van der Waals surface area (Å²) in [5.41, 5.74) is 0. The molecule has 3 heteroatoms. The highest BCUT2D eigenvalue weighted by Crippen LogP contribution is 2.43. The van der Waals surface area contributed by atoms with E-state index < -0.39 is 0 Å². The van der Waals surface area contributed by atoms with Crippen molar-refractivity contribution < 1.29 is 9.59 Å². The van der Waals surface area contributed by atoms with Crippen molar-refractivity contribution in [1.82, 2.24) is 5.32 Å². The Kier molecular flexibility index (Phi) is 0.477. The Labute approximate surface area is 46.1 Å². The molecule has 2 fully saturated rings. The molecule has 8 heavy (non-hydrogen) atoms. The first kappa shape index (κ1) is 4.06. The molecule has 1 heterocycles. The molecule has 41 valence electrons. The molecule has 0 aromatic heterocycles. The first-order valence-corrected chi connectivity index (χ1v) is 2.58. The van der Waals surface area contributed by atoms with Crippen LogP contribution in [0.1, 0.15) is 6.42 Å². The maximum atomic E-state index is 10.4. The predicted molar refractivity (Wildman–Crippen MR) is 23.7 cm³/mol. The lowest BCUT2D eigenvalue weighted by atomic mass is 10.4. The van der Waals surface area contributed by atoms with E-state index in [2.05, 4.69) is 5.32 Å². The van der Waals surface area contributed by atoms with Gasteiger partial charge in [-0.2, -0.15) is 5.32 Å². The lowest BCUT2D eigenvalue weighted by molar-refractivity contribution is -0.127. The van der Waals surface area contributed by atoms with Gasteiger partial charge in [-0.1, -0.05) is 0 Å². The molecule has 1 saturated carbocycles. The number of piperidine rings is 1. The van der Waals surface area contributed by atoms with Gasteiger partial charge in [-0.05, 0) is 6.42 Å². The third kappa shape index (κ3) is 0.300. The van der Waals surface area contributed by atoms with Crippen molar-refractivity contribution in [2.24, 2.45) is 11.8 Å². The summed E-state index contributed by atoms with van der Waals surface area (Å²) in [7, 11) is 0. The van der Waals surface area contributed by atoms with E-state index in [9.17, 15) is 9.59 Å². The summed E-state index contributed by atoms with van der Waals surface area (Å²) < 4.78 is 0. The van der Waals surface area contributed by atoms with Crippen LogP contribution in [0, 0.1) is 11.8 Å². The standard InChI is InChI=1S/C5H4NO2/c7-4-2-1-3(2)5(8)6-4/h2-3H,1H2. The van der Waals surface area contributed by atoms with Crippen LogP contribution in [-0.2, 0) is 9.59 Å². The van der Waals surface area contributed by atoms with E-state index in [1.54, 1.807) is 0 Å². The molecule has 2 rings (SSSR count). The Morgan fingerprint density at radius 2 is 1.75 bits per heavy atom. The molecule has 1 aliphatic heterocycles. The van der Waals surface area contributed by atoms with Gasteiger partial charge in [0.15, 0.2) is 0 Å². The van der Waals surface area contributed by atoms with E-state index >= 15 is 0 Å². The van der Waals surface area contributed by atoms with E-state index in [4.69, 9.17) is 0 Å². The smallest absolute Gasteiger partial charge is 0.252 e. The fraction of sp³-hybridized carbons (Fsp3) is 0.600. The molecule has 0 N–H and O–H groups in total. The van der Waals surface area contributed by atoms with Gasteiger partial charge in [-0.3, -0.25) is 9.59 Å². The third-order valence-corrected chi connectivity index (χ3v) is 1.65. The summed E-state index contributed by atoms with van der Waals surface area (Å²) in [5, 5.41) is 3.24. The molecular formula is C5H4NO2. The predicted octanol–water partition coefficient (Wildman–Crippen LogP) is -0.706. The number of nitrogens with zero attached hydrogens (tertiary/aromatic N) is 1. The third-order valence-electron chi connectivity index (χ3n) is 1.65. The maximum absolute atomic E-state index is 10.4. The molecule has 2 aliphatic rings. The molecule has 1 saturated heterocycles. The van der Waals surface area contributed by atoms with Crippen LogP contribution >= 0.6 is 0 Å². The molecule has 2 atom stereocenters. The van der Waals surface area contributed by atoms with Crippen LogP contribution in [0.25, 0.3) is 0 Å². The molecule has 0 aromatic rings. The summed E-state index contributed by atoms with van der Waals surface area (Å²) in [4.78, 5) is 20.9. The Hall–Kier alpha value is -0.860. The van der Waals surface area contributed by atoms with E-state index in [-0.39, 0.29) is 23.7 Å². The highest BCUT2D eigenvalue weighted by atomic mass is 16.2. The van der Waals surface area contributed by atoms with E-state index in [1.807, 2.05) is 0 Å². The number of imide groups is 1. The van der Waals surface area contributed by atoms with Gasteiger partial charge in [0.2, 0.25) is 0 Å². The molecule has 3 nitrogen and oxygen atoms in total. The zero-order valence-corrected chi connectivity index (χ0v) is 4.13. The van der Waals surface area contributed by atoms with Crippen molar-refractivity contribution in [1.29, 1.82) is 0 Å². The fourth-order valence-corrected chi connectivity index (χ4v) is 1.02. The summed E-state index contributed by atoms with van der Waals surface area (Å²) in [6.07, 6.45) is 0.765. The van der Waals surface area contributed by atoms with Crippen LogP contribution in [0.5, 0.6) is 0 Å². The second-order valence-corrected chi connectivity index (χ2v) is 2.24. The van der Waals surface area contributed by atoms with Crippen molar-refractivity contribution in [2.45, 2.75) is 6.42 Å². The molecular weight excluding hydrogens is 106 g/mol. The molecule has 1 radical (unpaired) electrons. The van der Waals surface area contributed by atoms with Gasteiger partial charge >= 0.3 is 0 Å². The zero-order chi connectivity index (χ0) is 5.72. The SMILES string of the molecule is O=C1[N]C(=O)C2CC12. The van der Waals surface area contributed by atoms with Gasteiger partial charge in [0, 0.05) is 0 Å². The second kappa shape index (κ2) is 0.940. The van der Waals surface area contributed by atoms with Gasteiger partial charge in [0.25, 0.3) is 11.8 Å². The van der Waals surface area contributed by atoms with E-state index in [0.29, 0.717) is 0 Å². The van der Waals surface area contributed by atoms with Crippen LogP contribution in [0.2, 0.25) is 0 Å². The normalized spacial score (nSPS) is 41.5. The second-order valence-electron chi connectivity index (χ2n) is 2.24. The number of hydrogen-bond donors (Lipinski definition) is 0. The minimum Gasteiger partial charge on any atom is -0.272 e. The molecule has 0 bridgehead atoms. The Morgan fingerprint density at radius 1 is 1.25 bits per heavy atom. The van der Waals surface area contributed by atoms with Gasteiger partial charge < -0.3 is 0 Å². The summed E-state index contributed by atoms with van der Waals surface area (Å²) in [5.74, 6) is -0.384. The monoisotopic (exact) mass is 110 g/mol. The Morgan fingerprint density at radius 3 is 1.88 bits per heavy atom. The van der Waals surface area contributed by atoms with Gasteiger partial charge in [-0.15, -0.1) is 0 Å². The van der Waals surface area contributed by atoms with Crippen LogP contribution in [-0.4, -0.2) is 11.8 Å². The lowest BCUT2D eigenvalue weighted by Crippen LogP contribution is -2.16. The number of rotatable bonds is 0. The minimum absolute atomic E-state index is 0.00231. The maximum Gasteiger partial charge on any atom is 0.252 e. The lowest BCUT2D eigenvalue weighted by Gasteiger charge is -1.83. The van der Waals surface area contributed by atoms with Crippen LogP contribution in [0.4, 0.5) is 0 Å². The Bertz CT molecular complexity index is 157. The highest BCUT2D eigenvalue weighted by Gasteiger charge is 2.55. The fourth-order valence-electron chi connectivity index (χ4n) is 1.02. The number of amides is 2.